The van der Waals surface area contributed by atoms with Crippen LogP contribution in [0.15, 0.2) is 4.52 Å². The van der Waals surface area contributed by atoms with Gasteiger partial charge >= 0.3 is 0 Å². The third kappa shape index (κ3) is 2.82. The lowest BCUT2D eigenvalue weighted by atomic mass is 9.99. The number of ether oxygens (including phenoxy) is 1. The fourth-order valence-corrected chi connectivity index (χ4v) is 2.80. The minimum atomic E-state index is -0.327. The maximum absolute atomic E-state index is 6.04. The molecule has 1 aliphatic rings. The van der Waals surface area contributed by atoms with Crippen molar-refractivity contribution in [2.45, 2.75) is 70.4 Å². The maximum Gasteiger partial charge on any atom is 0.231 e. The molecule has 0 amide bonds. The summed E-state index contributed by atoms with van der Waals surface area (Å²) in [6.07, 6.45) is 5.18. The van der Waals surface area contributed by atoms with E-state index in [4.69, 9.17) is 15.0 Å². The lowest BCUT2D eigenvalue weighted by Gasteiger charge is -2.24. The van der Waals surface area contributed by atoms with E-state index in [0.717, 1.165) is 32.1 Å². The molecule has 0 saturated heterocycles. The second-order valence-electron chi connectivity index (χ2n) is 5.45. The van der Waals surface area contributed by atoms with Crippen LogP contribution >= 0.6 is 0 Å². The standard InChI is InChI=1S/C14H25N3O2/c1-4-11(15)10(3)12-16-13(17-19-12)14(18-5-2)8-6-7-9-14/h10-11H,4-9,15H2,1-3H3. The fourth-order valence-electron chi connectivity index (χ4n) is 2.80. The van der Waals surface area contributed by atoms with Gasteiger partial charge in [0, 0.05) is 12.6 Å². The molecule has 1 aliphatic carbocycles. The third-order valence-electron chi connectivity index (χ3n) is 4.18. The molecule has 2 atom stereocenters. The first-order valence-corrected chi connectivity index (χ1v) is 7.36. The zero-order chi connectivity index (χ0) is 13.9. The molecule has 5 heteroatoms. The van der Waals surface area contributed by atoms with E-state index in [1.165, 1.54) is 0 Å². The van der Waals surface area contributed by atoms with Gasteiger partial charge in [-0.25, -0.2) is 0 Å². The normalized spacial score (nSPS) is 21.5. The van der Waals surface area contributed by atoms with Gasteiger partial charge in [-0.1, -0.05) is 19.0 Å². The Morgan fingerprint density at radius 1 is 1.37 bits per heavy atom. The van der Waals surface area contributed by atoms with Gasteiger partial charge in [-0.2, -0.15) is 4.98 Å². The lowest BCUT2D eigenvalue weighted by molar-refractivity contribution is -0.0469. The zero-order valence-electron chi connectivity index (χ0n) is 12.2. The number of hydrogen-bond donors (Lipinski definition) is 1. The van der Waals surface area contributed by atoms with Crippen molar-refractivity contribution in [2.75, 3.05) is 6.61 Å². The first-order valence-electron chi connectivity index (χ1n) is 7.36. The van der Waals surface area contributed by atoms with Crippen molar-refractivity contribution in [1.29, 1.82) is 0 Å². The van der Waals surface area contributed by atoms with Crippen molar-refractivity contribution in [3.05, 3.63) is 11.7 Å². The summed E-state index contributed by atoms with van der Waals surface area (Å²) in [5.74, 6) is 1.43. The Labute approximate surface area is 114 Å². The SMILES string of the molecule is CCOC1(c2noc(C(C)C(N)CC)n2)CCCC1. The van der Waals surface area contributed by atoms with Crippen LogP contribution < -0.4 is 5.73 Å². The van der Waals surface area contributed by atoms with E-state index in [1.54, 1.807) is 0 Å². The second-order valence-corrected chi connectivity index (χ2v) is 5.45. The second kappa shape index (κ2) is 6.01. The van der Waals surface area contributed by atoms with E-state index >= 15 is 0 Å². The molecule has 2 unspecified atom stereocenters. The average Bonchev–Trinajstić information content (AvgIpc) is 3.06. The molecule has 0 aliphatic heterocycles. The molecule has 0 radical (unpaired) electrons. The smallest absolute Gasteiger partial charge is 0.231 e. The van der Waals surface area contributed by atoms with Crippen molar-refractivity contribution in [3.8, 4) is 0 Å². The van der Waals surface area contributed by atoms with Crippen LogP contribution in [-0.2, 0) is 10.3 Å². The summed E-state index contributed by atoms with van der Waals surface area (Å²) in [5, 5.41) is 4.16. The van der Waals surface area contributed by atoms with Gasteiger partial charge in [0.1, 0.15) is 5.60 Å². The third-order valence-corrected chi connectivity index (χ3v) is 4.18. The van der Waals surface area contributed by atoms with Crippen LogP contribution in [0.3, 0.4) is 0 Å². The van der Waals surface area contributed by atoms with Gasteiger partial charge in [0.15, 0.2) is 0 Å². The predicted molar refractivity (Wildman–Crippen MR) is 72.8 cm³/mol. The molecule has 1 heterocycles. The largest absolute Gasteiger partial charge is 0.367 e. The van der Waals surface area contributed by atoms with Gasteiger partial charge < -0.3 is 15.0 Å². The Kier molecular flexibility index (Phi) is 4.58. The summed E-state index contributed by atoms with van der Waals surface area (Å²) in [5.41, 5.74) is 5.72. The maximum atomic E-state index is 6.04. The summed E-state index contributed by atoms with van der Waals surface area (Å²) in [7, 11) is 0. The van der Waals surface area contributed by atoms with E-state index < -0.39 is 0 Å². The molecule has 5 nitrogen and oxygen atoms in total. The molecule has 1 aromatic rings. The molecule has 0 aromatic carbocycles. The van der Waals surface area contributed by atoms with Crippen molar-refractivity contribution in [1.82, 2.24) is 10.1 Å². The van der Waals surface area contributed by atoms with E-state index in [1.807, 2.05) is 13.8 Å². The summed E-state index contributed by atoms with van der Waals surface area (Å²) < 4.78 is 11.4. The topological polar surface area (TPSA) is 74.2 Å². The van der Waals surface area contributed by atoms with E-state index in [2.05, 4.69) is 17.1 Å². The van der Waals surface area contributed by atoms with Gasteiger partial charge in [-0.3, -0.25) is 0 Å². The quantitative estimate of drug-likeness (QED) is 0.857. The van der Waals surface area contributed by atoms with Crippen LogP contribution in [0, 0.1) is 0 Å². The van der Waals surface area contributed by atoms with Gasteiger partial charge in [0.2, 0.25) is 11.7 Å². The number of nitrogens with zero attached hydrogens (tertiary/aromatic N) is 2. The van der Waals surface area contributed by atoms with Crippen LogP contribution in [0.25, 0.3) is 0 Å². The molecule has 2 rings (SSSR count). The number of hydrogen-bond acceptors (Lipinski definition) is 5. The zero-order valence-corrected chi connectivity index (χ0v) is 12.2. The Morgan fingerprint density at radius 3 is 2.63 bits per heavy atom. The molecule has 0 bridgehead atoms. The Bertz CT molecular complexity index is 399. The fraction of sp³-hybridized carbons (Fsp3) is 0.857. The predicted octanol–water partition coefficient (Wildman–Crippen LogP) is 2.72. The summed E-state index contributed by atoms with van der Waals surface area (Å²) in [6.45, 7) is 6.79. The highest BCUT2D eigenvalue weighted by atomic mass is 16.5. The molecule has 1 saturated carbocycles. The highest BCUT2D eigenvalue weighted by Gasteiger charge is 2.41. The minimum Gasteiger partial charge on any atom is -0.367 e. The first-order chi connectivity index (χ1) is 9.13. The van der Waals surface area contributed by atoms with Gasteiger partial charge in [-0.05, 0) is 39.0 Å². The van der Waals surface area contributed by atoms with Crippen molar-refractivity contribution in [3.63, 3.8) is 0 Å². The average molecular weight is 267 g/mol. The Balaban J connectivity index is 2.19. The molecule has 108 valence electrons. The van der Waals surface area contributed by atoms with E-state index in [9.17, 15) is 0 Å². The van der Waals surface area contributed by atoms with Crippen molar-refractivity contribution >= 4 is 0 Å². The van der Waals surface area contributed by atoms with E-state index in [-0.39, 0.29) is 17.6 Å². The van der Waals surface area contributed by atoms with Gasteiger partial charge in [-0.15, -0.1) is 0 Å². The van der Waals surface area contributed by atoms with Crippen LogP contribution in [0.1, 0.15) is 70.5 Å². The number of aromatic nitrogens is 2. The monoisotopic (exact) mass is 267 g/mol. The number of rotatable bonds is 6. The van der Waals surface area contributed by atoms with Gasteiger partial charge in [0.05, 0.1) is 5.92 Å². The number of nitrogens with two attached hydrogens (primary N) is 1. The van der Waals surface area contributed by atoms with Crippen molar-refractivity contribution in [2.24, 2.45) is 5.73 Å². The van der Waals surface area contributed by atoms with Crippen molar-refractivity contribution < 1.29 is 9.26 Å². The highest BCUT2D eigenvalue weighted by molar-refractivity contribution is 5.06. The molecular weight excluding hydrogens is 242 g/mol. The Morgan fingerprint density at radius 2 is 2.05 bits per heavy atom. The molecule has 1 fully saturated rings. The highest BCUT2D eigenvalue weighted by Crippen LogP contribution is 2.41. The molecule has 19 heavy (non-hydrogen) atoms. The molecule has 2 N–H and O–H groups in total. The van der Waals surface area contributed by atoms with Gasteiger partial charge in [0.25, 0.3) is 0 Å². The molecule has 1 aromatic heterocycles. The van der Waals surface area contributed by atoms with Crippen LogP contribution in [-0.4, -0.2) is 22.8 Å². The van der Waals surface area contributed by atoms with Crippen LogP contribution in [0.5, 0.6) is 0 Å². The Hall–Kier alpha value is -0.940. The summed E-state index contributed by atoms with van der Waals surface area (Å²) in [4.78, 5) is 4.57. The first kappa shape index (κ1) is 14.5. The summed E-state index contributed by atoms with van der Waals surface area (Å²) in [6, 6.07) is 0.0555. The van der Waals surface area contributed by atoms with Crippen LogP contribution in [0.4, 0.5) is 0 Å². The van der Waals surface area contributed by atoms with E-state index in [0.29, 0.717) is 18.3 Å². The lowest BCUT2D eigenvalue weighted by Crippen LogP contribution is -2.28. The van der Waals surface area contributed by atoms with Crippen LogP contribution in [0.2, 0.25) is 0 Å². The minimum absolute atomic E-state index is 0.0555. The molecular formula is C14H25N3O2. The summed E-state index contributed by atoms with van der Waals surface area (Å²) >= 11 is 0. The molecule has 0 spiro atoms.